The minimum absolute atomic E-state index is 0.0380. The molecule has 2 atom stereocenters. The van der Waals surface area contributed by atoms with Gasteiger partial charge >= 0.3 is 5.97 Å². The first-order valence-electron chi connectivity index (χ1n) is 11.8. The molecule has 1 aromatic heterocycles. The number of amides is 1. The van der Waals surface area contributed by atoms with E-state index in [1.54, 1.807) is 4.90 Å². The first kappa shape index (κ1) is 24.4. The van der Waals surface area contributed by atoms with Crippen molar-refractivity contribution in [3.8, 4) is 23.7 Å². The molecule has 1 saturated carbocycles. The zero-order chi connectivity index (χ0) is 23.5. The highest BCUT2D eigenvalue weighted by Gasteiger charge is 2.41. The molecule has 2 fully saturated rings. The van der Waals surface area contributed by atoms with E-state index in [-0.39, 0.29) is 34.1 Å². The second-order valence-corrected chi connectivity index (χ2v) is 11.4. The van der Waals surface area contributed by atoms with E-state index in [0.717, 1.165) is 25.7 Å². The average molecular weight is 454 g/mol. The van der Waals surface area contributed by atoms with Gasteiger partial charge in [-0.05, 0) is 58.4 Å². The number of carboxylic acids is 1. The summed E-state index contributed by atoms with van der Waals surface area (Å²) in [5, 5.41) is 9.96. The van der Waals surface area contributed by atoms with Gasteiger partial charge < -0.3 is 10.0 Å². The quantitative estimate of drug-likeness (QED) is 0.555. The number of carbonyl (C=O) groups excluding carboxylic acids is 1. The van der Waals surface area contributed by atoms with Crippen molar-refractivity contribution >= 4 is 28.9 Å². The van der Waals surface area contributed by atoms with Gasteiger partial charge in [-0.3, -0.25) is 4.79 Å². The molecule has 2 unspecified atom stereocenters. The Labute approximate surface area is 196 Å². The van der Waals surface area contributed by atoms with E-state index in [0.29, 0.717) is 16.5 Å². The Morgan fingerprint density at radius 2 is 1.84 bits per heavy atom. The van der Waals surface area contributed by atoms with E-state index in [9.17, 15) is 14.7 Å². The van der Waals surface area contributed by atoms with Gasteiger partial charge in [0.15, 0.2) is 0 Å². The first-order chi connectivity index (χ1) is 15.1. The van der Waals surface area contributed by atoms with Gasteiger partial charge in [-0.15, -0.1) is 11.3 Å². The minimum atomic E-state index is -1.00. The molecule has 0 bridgehead atoms. The summed E-state index contributed by atoms with van der Waals surface area (Å²) in [6.07, 6.45) is 7.41. The number of aromatic carboxylic acids is 1. The van der Waals surface area contributed by atoms with E-state index in [4.69, 9.17) is 0 Å². The van der Waals surface area contributed by atoms with Crippen molar-refractivity contribution < 1.29 is 14.7 Å². The molecule has 2 heterocycles. The van der Waals surface area contributed by atoms with Crippen molar-refractivity contribution in [2.45, 2.75) is 85.6 Å². The number of thiophene rings is 1. The van der Waals surface area contributed by atoms with Gasteiger partial charge in [0, 0.05) is 17.4 Å². The fraction of sp³-hybridized carbons (Fsp3) is 0.630. The van der Waals surface area contributed by atoms with Gasteiger partial charge in [-0.1, -0.05) is 56.8 Å². The summed E-state index contributed by atoms with van der Waals surface area (Å²) in [4.78, 5) is 28.6. The van der Waals surface area contributed by atoms with E-state index in [1.165, 1.54) is 30.6 Å². The average Bonchev–Trinajstić information content (AvgIpc) is 3.15. The number of rotatable bonds is 3. The summed E-state index contributed by atoms with van der Waals surface area (Å²) in [7, 11) is 0. The normalized spacial score (nSPS) is 22.2. The summed E-state index contributed by atoms with van der Waals surface area (Å²) in [6.45, 7) is 10.1. The van der Waals surface area contributed by atoms with Crippen LogP contribution in [0.5, 0.6) is 0 Å². The maximum atomic E-state index is 13.7. The van der Waals surface area contributed by atoms with Gasteiger partial charge in [0.1, 0.15) is 4.88 Å². The fourth-order valence-corrected chi connectivity index (χ4v) is 5.45. The molecule has 1 aliphatic heterocycles. The third-order valence-corrected chi connectivity index (χ3v) is 7.11. The highest BCUT2D eigenvalue weighted by atomic mass is 32.1. The van der Waals surface area contributed by atoms with Crippen molar-refractivity contribution in [2.75, 3.05) is 4.90 Å². The molecule has 1 aliphatic carbocycles. The van der Waals surface area contributed by atoms with Crippen LogP contribution in [0.25, 0.3) is 0 Å². The Morgan fingerprint density at radius 3 is 2.44 bits per heavy atom. The highest BCUT2D eigenvalue weighted by Crippen LogP contribution is 2.41. The smallest absolute Gasteiger partial charge is 0.348 e. The van der Waals surface area contributed by atoms with Crippen LogP contribution in [0.4, 0.5) is 5.69 Å². The van der Waals surface area contributed by atoms with Gasteiger partial charge in [0.2, 0.25) is 5.91 Å². The summed E-state index contributed by atoms with van der Waals surface area (Å²) in [5.41, 5.74) is 0.328. The summed E-state index contributed by atoms with van der Waals surface area (Å²) in [6, 6.07) is 1.86. The number of hydrogen-bond acceptors (Lipinski definition) is 3. The minimum Gasteiger partial charge on any atom is -0.477 e. The van der Waals surface area contributed by atoms with E-state index < -0.39 is 5.97 Å². The van der Waals surface area contributed by atoms with Crippen LogP contribution in [-0.4, -0.2) is 23.0 Å². The Kier molecular flexibility index (Phi) is 7.73. The Hall–Kier alpha value is -2.24. The molecular formula is C27H35NO3S. The molecule has 1 N–H and O–H groups in total. The lowest BCUT2D eigenvalue weighted by Gasteiger charge is -2.43. The number of nitrogens with zero attached hydrogens (tertiary/aromatic N) is 1. The van der Waals surface area contributed by atoms with Crippen molar-refractivity contribution in [1.29, 1.82) is 0 Å². The Balaban J connectivity index is 2.06. The first-order valence-corrected chi connectivity index (χ1v) is 12.6. The topological polar surface area (TPSA) is 57.6 Å². The molecule has 0 spiro atoms. The Bertz CT molecular complexity index is 971. The molecule has 3 rings (SSSR count). The van der Waals surface area contributed by atoms with Crippen LogP contribution < -0.4 is 4.90 Å². The largest absolute Gasteiger partial charge is 0.477 e. The lowest BCUT2D eigenvalue weighted by atomic mass is 9.77. The molecule has 172 valence electrons. The fourth-order valence-electron chi connectivity index (χ4n) is 4.61. The van der Waals surface area contributed by atoms with Crippen LogP contribution in [0.2, 0.25) is 0 Å². The zero-order valence-electron chi connectivity index (χ0n) is 20.0. The summed E-state index contributed by atoms with van der Waals surface area (Å²) in [5.74, 6) is 11.9. The number of carbonyl (C=O) groups is 2. The third-order valence-electron chi connectivity index (χ3n) is 6.09. The molecule has 5 heteroatoms. The van der Waals surface area contributed by atoms with Crippen molar-refractivity contribution in [3.63, 3.8) is 0 Å². The maximum Gasteiger partial charge on any atom is 0.348 e. The van der Waals surface area contributed by atoms with Crippen molar-refractivity contribution in [3.05, 3.63) is 15.8 Å². The molecule has 4 nitrogen and oxygen atoms in total. The maximum absolute atomic E-state index is 13.7. The third kappa shape index (κ3) is 5.96. The predicted octanol–water partition coefficient (Wildman–Crippen LogP) is 6.20. The van der Waals surface area contributed by atoms with Gasteiger partial charge in [0.05, 0.1) is 16.5 Å². The lowest BCUT2D eigenvalue weighted by Crippen LogP contribution is -2.51. The molecule has 32 heavy (non-hydrogen) atoms. The number of carboxylic acid groups (broad SMARTS) is 1. The second kappa shape index (κ2) is 10.1. The SMILES string of the molecule is CC(C)C#CC1CCC(C2CCCCC2)N(c2cc(C#CC(C)(C)C)sc2C(=O)O)C1=O. The van der Waals surface area contributed by atoms with Gasteiger partial charge in [-0.25, -0.2) is 4.79 Å². The van der Waals surface area contributed by atoms with Crippen molar-refractivity contribution in [1.82, 2.24) is 0 Å². The Morgan fingerprint density at radius 1 is 1.16 bits per heavy atom. The van der Waals surface area contributed by atoms with Crippen LogP contribution in [-0.2, 0) is 4.79 Å². The molecule has 0 radical (unpaired) electrons. The van der Waals surface area contributed by atoms with Crippen LogP contribution in [0.15, 0.2) is 6.07 Å². The van der Waals surface area contributed by atoms with Crippen molar-refractivity contribution in [2.24, 2.45) is 23.2 Å². The molecule has 1 amide bonds. The van der Waals surface area contributed by atoms with Crippen LogP contribution >= 0.6 is 11.3 Å². The second-order valence-electron chi connectivity index (χ2n) is 10.4. The lowest BCUT2D eigenvalue weighted by molar-refractivity contribution is -0.123. The molecule has 2 aliphatic rings. The summed E-state index contributed by atoms with van der Waals surface area (Å²) < 4.78 is 0. The van der Waals surface area contributed by atoms with Gasteiger partial charge in [-0.2, -0.15) is 0 Å². The highest BCUT2D eigenvalue weighted by molar-refractivity contribution is 7.15. The van der Waals surface area contributed by atoms with E-state index >= 15 is 0 Å². The monoisotopic (exact) mass is 453 g/mol. The standard InChI is InChI=1S/C27H35NO3S/c1-18(2)11-12-20-13-14-22(19-9-7-6-8-10-19)28(25(20)29)23-17-21(15-16-27(3,4)5)32-24(23)26(30)31/h17-20,22H,6-10,13-14H2,1-5H3,(H,30,31). The number of anilines is 1. The molecular weight excluding hydrogens is 418 g/mol. The summed E-state index contributed by atoms with van der Waals surface area (Å²) >= 11 is 1.17. The van der Waals surface area contributed by atoms with E-state index in [1.807, 2.05) is 40.7 Å². The number of hydrogen-bond donors (Lipinski definition) is 1. The van der Waals surface area contributed by atoms with Crippen LogP contribution in [0.1, 0.15) is 94.1 Å². The molecule has 1 aromatic rings. The predicted molar refractivity (Wildman–Crippen MR) is 131 cm³/mol. The van der Waals surface area contributed by atoms with E-state index in [2.05, 4.69) is 23.7 Å². The van der Waals surface area contributed by atoms with Gasteiger partial charge in [0.25, 0.3) is 0 Å². The van der Waals surface area contributed by atoms with Crippen LogP contribution in [0.3, 0.4) is 0 Å². The molecule has 1 saturated heterocycles. The van der Waals surface area contributed by atoms with Crippen LogP contribution in [0, 0.1) is 46.9 Å². The number of piperidine rings is 1. The zero-order valence-corrected chi connectivity index (χ0v) is 20.8. The molecule has 0 aromatic carbocycles.